The molecule has 102 valence electrons. The van der Waals surface area contributed by atoms with Crippen LogP contribution in [-0.2, 0) is 6.42 Å². The molecule has 0 aliphatic carbocycles. The number of rotatable bonds is 3. The molecule has 0 saturated heterocycles. The average molecular weight is 288 g/mol. The van der Waals surface area contributed by atoms with Gasteiger partial charge in [-0.05, 0) is 23.8 Å². The largest absolute Gasteiger partial charge is 0.387 e. The van der Waals surface area contributed by atoms with Crippen LogP contribution in [-0.4, -0.2) is 11.9 Å². The Labute approximate surface area is 122 Å². The maximum Gasteiger partial charge on any atom is 0.347 e. The number of halogens is 1. The van der Waals surface area contributed by atoms with E-state index in [0.717, 1.165) is 5.56 Å². The number of hydrogen-bond acceptors (Lipinski definition) is 1. The number of amides is 2. The van der Waals surface area contributed by atoms with Gasteiger partial charge in [-0.1, -0.05) is 48.0 Å². The minimum Gasteiger partial charge on any atom is -0.387 e. The fourth-order valence-electron chi connectivity index (χ4n) is 1.69. The van der Waals surface area contributed by atoms with Crippen molar-refractivity contribution < 1.29 is 4.79 Å². The van der Waals surface area contributed by atoms with Gasteiger partial charge in [-0.2, -0.15) is 4.99 Å². The second-order valence-corrected chi connectivity index (χ2v) is 4.64. The number of benzene rings is 2. The Balaban J connectivity index is 1.97. The Morgan fingerprint density at radius 2 is 1.90 bits per heavy atom. The summed E-state index contributed by atoms with van der Waals surface area (Å²) in [6, 6.07) is 15.9. The van der Waals surface area contributed by atoms with E-state index in [0.29, 0.717) is 17.1 Å². The third kappa shape index (κ3) is 4.40. The first kappa shape index (κ1) is 14.1. The maximum atomic E-state index is 11.7. The zero-order chi connectivity index (χ0) is 14.4. The Kier molecular flexibility index (Phi) is 4.74. The third-order valence-corrected chi connectivity index (χ3v) is 2.78. The van der Waals surface area contributed by atoms with Crippen LogP contribution in [0.1, 0.15) is 5.56 Å². The number of aliphatic imine (C=N–C) groups is 1. The van der Waals surface area contributed by atoms with E-state index < -0.39 is 6.03 Å². The van der Waals surface area contributed by atoms with E-state index in [1.807, 2.05) is 30.3 Å². The molecule has 3 N–H and O–H groups in total. The molecule has 2 aromatic carbocycles. The second-order valence-electron chi connectivity index (χ2n) is 4.21. The number of nitrogens with two attached hydrogens (primary N) is 1. The van der Waals surface area contributed by atoms with Gasteiger partial charge in [0.05, 0.1) is 0 Å². The van der Waals surface area contributed by atoms with Crippen LogP contribution in [0.3, 0.4) is 0 Å². The van der Waals surface area contributed by atoms with Crippen LogP contribution < -0.4 is 11.1 Å². The van der Waals surface area contributed by atoms with E-state index in [-0.39, 0.29) is 5.84 Å². The predicted octanol–water partition coefficient (Wildman–Crippen LogP) is 3.47. The summed E-state index contributed by atoms with van der Waals surface area (Å²) in [4.78, 5) is 15.5. The minimum atomic E-state index is -0.513. The first-order valence-electron chi connectivity index (χ1n) is 6.07. The topological polar surface area (TPSA) is 67.5 Å². The van der Waals surface area contributed by atoms with Gasteiger partial charge in [0.15, 0.2) is 0 Å². The Hall–Kier alpha value is -2.33. The molecule has 2 amide bonds. The van der Waals surface area contributed by atoms with Gasteiger partial charge in [0, 0.05) is 17.1 Å². The molecule has 0 saturated carbocycles. The van der Waals surface area contributed by atoms with Gasteiger partial charge in [0.1, 0.15) is 5.84 Å². The summed E-state index contributed by atoms with van der Waals surface area (Å²) in [6.07, 6.45) is 0.434. The SMILES string of the molecule is NC(Cc1ccccc1)=NC(=O)Nc1cccc(Cl)c1. The van der Waals surface area contributed by atoms with Crippen molar-refractivity contribution >= 4 is 29.2 Å². The highest BCUT2D eigenvalue weighted by atomic mass is 35.5. The molecular weight excluding hydrogens is 274 g/mol. The number of carbonyl (C=O) groups is 1. The zero-order valence-corrected chi connectivity index (χ0v) is 11.5. The highest BCUT2D eigenvalue weighted by Crippen LogP contribution is 2.14. The zero-order valence-electron chi connectivity index (χ0n) is 10.7. The first-order chi connectivity index (χ1) is 9.63. The van der Waals surface area contributed by atoms with E-state index in [9.17, 15) is 4.79 Å². The first-order valence-corrected chi connectivity index (χ1v) is 6.45. The average Bonchev–Trinajstić information content (AvgIpc) is 2.39. The molecule has 0 aliphatic rings. The van der Waals surface area contributed by atoms with E-state index >= 15 is 0 Å². The van der Waals surface area contributed by atoms with Gasteiger partial charge in [-0.15, -0.1) is 0 Å². The highest BCUT2D eigenvalue weighted by molar-refractivity contribution is 6.30. The Morgan fingerprint density at radius 3 is 2.60 bits per heavy atom. The molecule has 2 rings (SSSR count). The molecule has 4 nitrogen and oxygen atoms in total. The normalized spacial score (nSPS) is 11.2. The summed E-state index contributed by atoms with van der Waals surface area (Å²) in [5, 5.41) is 3.15. The van der Waals surface area contributed by atoms with Crippen molar-refractivity contribution in [2.75, 3.05) is 5.32 Å². The number of nitrogens with zero attached hydrogens (tertiary/aromatic N) is 1. The fourth-order valence-corrected chi connectivity index (χ4v) is 1.88. The monoisotopic (exact) mass is 287 g/mol. The van der Waals surface area contributed by atoms with Gasteiger partial charge < -0.3 is 11.1 Å². The Morgan fingerprint density at radius 1 is 1.15 bits per heavy atom. The third-order valence-electron chi connectivity index (χ3n) is 2.55. The van der Waals surface area contributed by atoms with Crippen molar-refractivity contribution in [1.29, 1.82) is 0 Å². The van der Waals surface area contributed by atoms with Crippen LogP contribution in [0.2, 0.25) is 5.02 Å². The molecule has 0 aromatic heterocycles. The maximum absolute atomic E-state index is 11.7. The quantitative estimate of drug-likeness (QED) is 0.670. The molecule has 0 heterocycles. The molecule has 2 aromatic rings. The standard InChI is InChI=1S/C15H14ClN3O/c16-12-7-4-8-13(10-12)18-15(20)19-14(17)9-11-5-2-1-3-6-11/h1-8,10H,9H2,(H3,17,18,19,20). The van der Waals surface area contributed by atoms with Gasteiger partial charge in [0.25, 0.3) is 0 Å². The Bertz CT molecular complexity index is 626. The summed E-state index contributed by atoms with van der Waals surface area (Å²) >= 11 is 5.83. The molecule has 0 aliphatic heterocycles. The summed E-state index contributed by atoms with van der Waals surface area (Å²) in [5.41, 5.74) is 7.34. The number of anilines is 1. The second kappa shape index (κ2) is 6.73. The fraction of sp³-hybridized carbons (Fsp3) is 0.0667. The molecule has 0 bridgehead atoms. The van der Waals surface area contributed by atoms with Crippen molar-refractivity contribution in [1.82, 2.24) is 0 Å². The smallest absolute Gasteiger partial charge is 0.347 e. The molecule has 0 spiro atoms. The summed E-state index contributed by atoms with van der Waals surface area (Å²) < 4.78 is 0. The molecule has 0 atom stereocenters. The van der Waals surface area contributed by atoms with Gasteiger partial charge in [-0.3, -0.25) is 0 Å². The lowest BCUT2D eigenvalue weighted by molar-refractivity contribution is 0.259. The van der Waals surface area contributed by atoms with Crippen LogP contribution >= 0.6 is 11.6 Å². The highest BCUT2D eigenvalue weighted by Gasteiger charge is 2.03. The van der Waals surface area contributed by atoms with E-state index in [1.165, 1.54) is 0 Å². The lowest BCUT2D eigenvalue weighted by atomic mass is 10.1. The molecule has 20 heavy (non-hydrogen) atoms. The van der Waals surface area contributed by atoms with Gasteiger partial charge >= 0.3 is 6.03 Å². The number of hydrogen-bond donors (Lipinski definition) is 2. The lowest BCUT2D eigenvalue weighted by Crippen LogP contribution is -2.19. The number of nitrogens with one attached hydrogen (secondary N) is 1. The van der Waals surface area contributed by atoms with Crippen molar-refractivity contribution in [3.05, 3.63) is 65.2 Å². The van der Waals surface area contributed by atoms with E-state index in [1.54, 1.807) is 24.3 Å². The number of amidine groups is 1. The molecular formula is C15H14ClN3O. The summed E-state index contributed by atoms with van der Waals surface area (Å²) in [6.45, 7) is 0. The van der Waals surface area contributed by atoms with Crippen LogP contribution in [0.25, 0.3) is 0 Å². The van der Waals surface area contributed by atoms with Gasteiger partial charge in [0.2, 0.25) is 0 Å². The lowest BCUT2D eigenvalue weighted by Gasteiger charge is -2.03. The van der Waals surface area contributed by atoms with Crippen LogP contribution in [0, 0.1) is 0 Å². The van der Waals surface area contributed by atoms with Crippen LogP contribution in [0.5, 0.6) is 0 Å². The number of carbonyl (C=O) groups excluding carboxylic acids is 1. The minimum absolute atomic E-state index is 0.260. The number of urea groups is 1. The molecule has 0 fully saturated rings. The molecule has 0 radical (unpaired) electrons. The van der Waals surface area contributed by atoms with Crippen LogP contribution in [0.4, 0.5) is 10.5 Å². The van der Waals surface area contributed by atoms with Gasteiger partial charge in [-0.25, -0.2) is 4.79 Å². The van der Waals surface area contributed by atoms with Crippen molar-refractivity contribution in [3.8, 4) is 0 Å². The summed E-state index contributed by atoms with van der Waals surface area (Å²) in [5.74, 6) is 0.260. The van der Waals surface area contributed by atoms with Crippen molar-refractivity contribution in [2.24, 2.45) is 10.7 Å². The molecule has 0 unspecified atom stereocenters. The van der Waals surface area contributed by atoms with E-state index in [4.69, 9.17) is 17.3 Å². The van der Waals surface area contributed by atoms with Crippen LogP contribution in [0.15, 0.2) is 59.6 Å². The van der Waals surface area contributed by atoms with Crippen molar-refractivity contribution in [3.63, 3.8) is 0 Å². The summed E-state index contributed by atoms with van der Waals surface area (Å²) in [7, 11) is 0. The molecule has 5 heteroatoms. The van der Waals surface area contributed by atoms with Crippen molar-refractivity contribution in [2.45, 2.75) is 6.42 Å². The predicted molar refractivity (Wildman–Crippen MR) is 82.2 cm³/mol. The van der Waals surface area contributed by atoms with E-state index in [2.05, 4.69) is 10.3 Å².